The summed E-state index contributed by atoms with van der Waals surface area (Å²) in [5.41, 5.74) is 1.31. The maximum Gasteiger partial charge on any atom is 0.0603 e. The lowest BCUT2D eigenvalue weighted by Crippen LogP contribution is -2.43. The van der Waals surface area contributed by atoms with Gasteiger partial charge in [-0.3, -0.25) is 0 Å². The molecule has 2 nitrogen and oxygen atoms in total. The summed E-state index contributed by atoms with van der Waals surface area (Å²) in [5, 5.41) is 3.91. The molecule has 0 amide bonds. The summed E-state index contributed by atoms with van der Waals surface area (Å²) >= 11 is 1.92. The first-order chi connectivity index (χ1) is 7.79. The number of hydrogen-bond donors (Lipinski definition) is 1. The van der Waals surface area contributed by atoms with Crippen molar-refractivity contribution < 1.29 is 4.74 Å². The molecule has 1 aliphatic rings. The summed E-state index contributed by atoms with van der Waals surface area (Å²) in [7, 11) is 2.04. The zero-order chi connectivity index (χ0) is 11.4. The highest BCUT2D eigenvalue weighted by molar-refractivity contribution is 8.00. The predicted octanol–water partition coefficient (Wildman–Crippen LogP) is 2.46. The van der Waals surface area contributed by atoms with Crippen LogP contribution in [0.1, 0.15) is 12.0 Å². The number of rotatable bonds is 3. The van der Waals surface area contributed by atoms with Crippen LogP contribution in [0.5, 0.6) is 0 Å². The number of nitrogens with one attached hydrogen (secondary N) is 1. The van der Waals surface area contributed by atoms with Crippen molar-refractivity contribution in [1.82, 2.24) is 5.32 Å². The highest BCUT2D eigenvalue weighted by atomic mass is 32.2. The highest BCUT2D eigenvalue weighted by Crippen LogP contribution is 2.28. The third kappa shape index (κ3) is 3.00. The minimum Gasteiger partial charge on any atom is -0.380 e. The van der Waals surface area contributed by atoms with E-state index in [0.717, 1.165) is 19.6 Å². The van der Waals surface area contributed by atoms with Crippen molar-refractivity contribution in [2.75, 3.05) is 20.3 Å². The normalized spacial score (nSPS) is 25.6. The van der Waals surface area contributed by atoms with E-state index in [1.807, 2.05) is 18.8 Å². The van der Waals surface area contributed by atoms with E-state index >= 15 is 0 Å². The Bertz CT molecular complexity index is 325. The van der Waals surface area contributed by atoms with Gasteiger partial charge in [-0.15, -0.1) is 11.8 Å². The van der Waals surface area contributed by atoms with Crippen LogP contribution in [0, 0.1) is 6.92 Å². The molecule has 0 aromatic heterocycles. The van der Waals surface area contributed by atoms with Gasteiger partial charge in [0.15, 0.2) is 0 Å². The Labute approximate surface area is 102 Å². The average Bonchev–Trinajstić information content (AvgIpc) is 2.33. The van der Waals surface area contributed by atoms with Crippen molar-refractivity contribution >= 4 is 11.8 Å². The van der Waals surface area contributed by atoms with Gasteiger partial charge in [0, 0.05) is 22.8 Å². The number of benzene rings is 1. The second kappa shape index (κ2) is 5.71. The van der Waals surface area contributed by atoms with Crippen LogP contribution in [0.25, 0.3) is 0 Å². The lowest BCUT2D eigenvalue weighted by molar-refractivity contribution is 0.0851. The van der Waals surface area contributed by atoms with Gasteiger partial charge in [-0.05, 0) is 32.5 Å². The standard InChI is InChI=1S/C13H19NOS/c1-10-3-5-11(6-4-10)16-13-9-15-8-7-12(13)14-2/h3-6,12-14H,7-9H2,1-2H3. The van der Waals surface area contributed by atoms with Crippen LogP contribution < -0.4 is 5.32 Å². The number of ether oxygens (including phenoxy) is 1. The second-order valence-electron chi connectivity index (χ2n) is 4.23. The van der Waals surface area contributed by atoms with E-state index in [2.05, 4.69) is 36.5 Å². The van der Waals surface area contributed by atoms with Crippen LogP contribution in [-0.4, -0.2) is 31.6 Å². The molecule has 1 saturated heterocycles. The van der Waals surface area contributed by atoms with Gasteiger partial charge in [-0.2, -0.15) is 0 Å². The molecule has 0 radical (unpaired) electrons. The van der Waals surface area contributed by atoms with E-state index in [1.165, 1.54) is 10.5 Å². The molecule has 1 aromatic carbocycles. The third-order valence-corrected chi connectivity index (χ3v) is 4.30. The van der Waals surface area contributed by atoms with Crippen LogP contribution in [-0.2, 0) is 4.74 Å². The van der Waals surface area contributed by atoms with E-state index in [4.69, 9.17) is 4.74 Å². The van der Waals surface area contributed by atoms with Gasteiger partial charge in [0.2, 0.25) is 0 Å². The second-order valence-corrected chi connectivity index (χ2v) is 5.54. The first-order valence-electron chi connectivity index (χ1n) is 5.78. The average molecular weight is 237 g/mol. The third-order valence-electron chi connectivity index (χ3n) is 2.98. The summed E-state index contributed by atoms with van der Waals surface area (Å²) < 4.78 is 5.55. The molecular formula is C13H19NOS. The first-order valence-corrected chi connectivity index (χ1v) is 6.66. The maximum atomic E-state index is 5.55. The molecule has 1 N–H and O–H groups in total. The smallest absolute Gasteiger partial charge is 0.0603 e. The summed E-state index contributed by atoms with van der Waals surface area (Å²) in [6.45, 7) is 3.86. The fourth-order valence-corrected chi connectivity index (χ4v) is 3.19. The molecule has 0 aliphatic carbocycles. The molecule has 1 fully saturated rings. The van der Waals surface area contributed by atoms with E-state index in [-0.39, 0.29) is 0 Å². The fraction of sp³-hybridized carbons (Fsp3) is 0.538. The Kier molecular flexibility index (Phi) is 4.27. The minimum atomic E-state index is 0.529. The van der Waals surface area contributed by atoms with Crippen molar-refractivity contribution in [2.24, 2.45) is 0 Å². The SMILES string of the molecule is CNC1CCOCC1Sc1ccc(C)cc1. The molecule has 88 valence electrons. The highest BCUT2D eigenvalue weighted by Gasteiger charge is 2.25. The largest absolute Gasteiger partial charge is 0.380 e. The van der Waals surface area contributed by atoms with Crippen LogP contribution in [0.2, 0.25) is 0 Å². The zero-order valence-electron chi connectivity index (χ0n) is 9.90. The maximum absolute atomic E-state index is 5.55. The Hall–Kier alpha value is -0.510. The molecule has 1 aliphatic heterocycles. The molecular weight excluding hydrogens is 218 g/mol. The summed E-state index contributed by atoms with van der Waals surface area (Å²) in [6, 6.07) is 9.30. The summed E-state index contributed by atoms with van der Waals surface area (Å²) in [6.07, 6.45) is 1.11. The fourth-order valence-electron chi connectivity index (χ4n) is 1.95. The molecule has 0 bridgehead atoms. The van der Waals surface area contributed by atoms with Gasteiger partial charge < -0.3 is 10.1 Å². The van der Waals surface area contributed by atoms with E-state index in [0.29, 0.717) is 11.3 Å². The molecule has 1 heterocycles. The zero-order valence-corrected chi connectivity index (χ0v) is 10.7. The Morgan fingerprint density at radius 3 is 2.75 bits per heavy atom. The monoisotopic (exact) mass is 237 g/mol. The van der Waals surface area contributed by atoms with Crippen molar-refractivity contribution in [1.29, 1.82) is 0 Å². The molecule has 1 aromatic rings. The van der Waals surface area contributed by atoms with Crippen molar-refractivity contribution in [3.63, 3.8) is 0 Å². The molecule has 0 spiro atoms. The molecule has 0 saturated carbocycles. The minimum absolute atomic E-state index is 0.529. The Balaban J connectivity index is 1.99. The first kappa shape index (κ1) is 12.0. The molecule has 3 heteroatoms. The van der Waals surface area contributed by atoms with Gasteiger partial charge in [0.1, 0.15) is 0 Å². The van der Waals surface area contributed by atoms with Crippen molar-refractivity contribution in [3.8, 4) is 0 Å². The molecule has 2 atom stereocenters. The van der Waals surface area contributed by atoms with Crippen LogP contribution >= 0.6 is 11.8 Å². The van der Waals surface area contributed by atoms with Gasteiger partial charge in [0.05, 0.1) is 6.61 Å². The lowest BCUT2D eigenvalue weighted by Gasteiger charge is -2.30. The van der Waals surface area contributed by atoms with E-state index < -0.39 is 0 Å². The van der Waals surface area contributed by atoms with Gasteiger partial charge >= 0.3 is 0 Å². The molecule has 2 rings (SSSR count). The van der Waals surface area contributed by atoms with Crippen molar-refractivity contribution in [2.45, 2.75) is 29.5 Å². The summed E-state index contributed by atoms with van der Waals surface area (Å²) in [4.78, 5) is 1.33. The number of hydrogen-bond acceptors (Lipinski definition) is 3. The lowest BCUT2D eigenvalue weighted by atomic mass is 10.1. The Morgan fingerprint density at radius 1 is 1.31 bits per heavy atom. The number of thioether (sulfide) groups is 1. The molecule has 2 unspecified atom stereocenters. The summed E-state index contributed by atoms with van der Waals surface area (Å²) in [5.74, 6) is 0. The predicted molar refractivity (Wildman–Crippen MR) is 69.1 cm³/mol. The topological polar surface area (TPSA) is 21.3 Å². The van der Waals surface area contributed by atoms with E-state index in [9.17, 15) is 0 Å². The van der Waals surface area contributed by atoms with Gasteiger partial charge in [-0.1, -0.05) is 17.7 Å². The van der Waals surface area contributed by atoms with Gasteiger partial charge in [-0.25, -0.2) is 0 Å². The van der Waals surface area contributed by atoms with Crippen molar-refractivity contribution in [3.05, 3.63) is 29.8 Å². The van der Waals surface area contributed by atoms with Crippen LogP contribution in [0.15, 0.2) is 29.2 Å². The van der Waals surface area contributed by atoms with E-state index in [1.54, 1.807) is 0 Å². The van der Waals surface area contributed by atoms with Gasteiger partial charge in [0.25, 0.3) is 0 Å². The quantitative estimate of drug-likeness (QED) is 0.872. The molecule has 16 heavy (non-hydrogen) atoms. The Morgan fingerprint density at radius 2 is 2.06 bits per heavy atom. The number of aryl methyl sites for hydroxylation is 1. The van der Waals surface area contributed by atoms with Crippen LogP contribution in [0.4, 0.5) is 0 Å². The van der Waals surface area contributed by atoms with Crippen LogP contribution in [0.3, 0.4) is 0 Å².